The van der Waals surface area contributed by atoms with Gasteiger partial charge in [-0.1, -0.05) is 12.2 Å². The largest absolute Gasteiger partial charge is 0.385 e. The van der Waals surface area contributed by atoms with Crippen molar-refractivity contribution in [2.24, 2.45) is 5.73 Å². The smallest absolute Gasteiger partial charge is 0.128 e. The zero-order chi connectivity index (χ0) is 3.58. The molecule has 2 N–H and O–H groups in total. The Morgan fingerprint density at radius 2 is 1.67 bits per heavy atom. The summed E-state index contributed by atoms with van der Waals surface area (Å²) in [6.07, 6.45) is 0. The normalized spacial score (nSPS) is 4.17. The topological polar surface area (TPSA) is 26.0 Å². The van der Waals surface area contributed by atoms with E-state index in [9.17, 15) is 0 Å². The molecule has 6 heavy (non-hydrogen) atoms. The van der Waals surface area contributed by atoms with Gasteiger partial charge in [0, 0.05) is 22.4 Å². The molecule has 1 radical (unpaired) electrons. The third-order valence-electron chi connectivity index (χ3n) is 0. The molecular formula is CH6AuNPS2. The van der Waals surface area contributed by atoms with Crippen LogP contribution < -0.4 is 5.73 Å². The Labute approximate surface area is 67.0 Å². The molecule has 1 unspecified atom stereocenters. The maximum Gasteiger partial charge on any atom is 0.128 e. The maximum absolute atomic E-state index is 4.71. The standard InChI is InChI=1S/CH3NS2.Au.H3P/c2-1(3)4;;/h(H3,2,3,4);;1H3. The van der Waals surface area contributed by atoms with Gasteiger partial charge in [-0.25, -0.2) is 0 Å². The molecule has 0 aromatic heterocycles. The fourth-order valence-electron chi connectivity index (χ4n) is 0. The van der Waals surface area contributed by atoms with E-state index >= 15 is 0 Å². The minimum atomic E-state index is 0. The molecule has 0 aliphatic rings. The first kappa shape index (κ1) is 15.7. The van der Waals surface area contributed by atoms with Crippen molar-refractivity contribution in [1.29, 1.82) is 0 Å². The van der Waals surface area contributed by atoms with Gasteiger partial charge in [-0.15, -0.1) is 12.6 Å². The molecule has 0 aromatic carbocycles. The minimum absolute atomic E-state index is 0. The van der Waals surface area contributed by atoms with Crippen LogP contribution in [0.1, 0.15) is 0 Å². The molecule has 0 rings (SSSR count). The average Bonchev–Trinajstić information content (AvgIpc) is 0.811. The number of hydrogen-bond donors (Lipinski definition) is 2. The molecule has 0 aliphatic heterocycles. The van der Waals surface area contributed by atoms with Gasteiger partial charge in [-0.3, -0.25) is 0 Å². The van der Waals surface area contributed by atoms with Crippen LogP contribution in [-0.4, -0.2) is 4.32 Å². The van der Waals surface area contributed by atoms with Crippen LogP contribution in [0.3, 0.4) is 0 Å². The number of nitrogens with two attached hydrogens (primary N) is 1. The van der Waals surface area contributed by atoms with Crippen LogP contribution in [-0.2, 0) is 22.4 Å². The summed E-state index contributed by atoms with van der Waals surface area (Å²) in [5.74, 6) is 0. The molecule has 0 aliphatic carbocycles. The Bertz CT molecular complexity index is 36.5. The summed E-state index contributed by atoms with van der Waals surface area (Å²) in [5.41, 5.74) is 4.71. The molecule has 43 valence electrons. The average molecular weight is 324 g/mol. The van der Waals surface area contributed by atoms with Gasteiger partial charge >= 0.3 is 0 Å². The van der Waals surface area contributed by atoms with Gasteiger partial charge in [0.05, 0.1) is 0 Å². The summed E-state index contributed by atoms with van der Waals surface area (Å²) < 4.78 is 0.194. The first-order valence-corrected chi connectivity index (χ1v) is 1.57. The molecule has 1 nitrogen and oxygen atoms in total. The van der Waals surface area contributed by atoms with E-state index in [1.165, 1.54) is 0 Å². The van der Waals surface area contributed by atoms with E-state index in [0.29, 0.717) is 0 Å². The number of hydrogen-bond acceptors (Lipinski definition) is 1. The fraction of sp³-hybridized carbons (Fsp3) is 0. The van der Waals surface area contributed by atoms with Gasteiger partial charge in [0.25, 0.3) is 0 Å². The van der Waals surface area contributed by atoms with Crippen LogP contribution in [0.4, 0.5) is 0 Å². The SMILES string of the molecule is NC(=S)S.P.[Au]. The predicted molar refractivity (Wildman–Crippen MR) is 36.9 cm³/mol. The van der Waals surface area contributed by atoms with Gasteiger partial charge in [0.1, 0.15) is 4.32 Å². The second-order valence-corrected chi connectivity index (χ2v) is 1.56. The molecule has 0 saturated heterocycles. The molecule has 1 atom stereocenters. The summed E-state index contributed by atoms with van der Waals surface area (Å²) in [6, 6.07) is 0. The Morgan fingerprint density at radius 1 is 1.67 bits per heavy atom. The quantitative estimate of drug-likeness (QED) is 0.288. The Hall–Kier alpha value is 1.41. The van der Waals surface area contributed by atoms with Crippen molar-refractivity contribution in [3.05, 3.63) is 0 Å². The van der Waals surface area contributed by atoms with Crippen molar-refractivity contribution in [1.82, 2.24) is 0 Å². The van der Waals surface area contributed by atoms with Crippen LogP contribution in [0, 0.1) is 0 Å². The van der Waals surface area contributed by atoms with E-state index in [0.717, 1.165) is 0 Å². The Morgan fingerprint density at radius 3 is 1.67 bits per heavy atom. The van der Waals surface area contributed by atoms with Crippen molar-refractivity contribution < 1.29 is 22.4 Å². The Kier molecular flexibility index (Phi) is 25.2. The van der Waals surface area contributed by atoms with Crippen LogP contribution >= 0.6 is 34.7 Å². The second-order valence-electron chi connectivity index (χ2n) is 0.338. The third kappa shape index (κ3) is 52.9. The van der Waals surface area contributed by atoms with E-state index in [2.05, 4.69) is 24.8 Å². The fourth-order valence-corrected chi connectivity index (χ4v) is 0. The first-order chi connectivity index (χ1) is 1.73. The van der Waals surface area contributed by atoms with Crippen molar-refractivity contribution in [2.75, 3.05) is 0 Å². The number of rotatable bonds is 0. The van der Waals surface area contributed by atoms with Gasteiger partial charge in [0.15, 0.2) is 0 Å². The minimum Gasteiger partial charge on any atom is -0.385 e. The molecule has 0 amide bonds. The van der Waals surface area contributed by atoms with E-state index in [1.54, 1.807) is 0 Å². The number of thiocarbonyl (C=S) groups is 1. The first-order valence-electron chi connectivity index (χ1n) is 0.716. The van der Waals surface area contributed by atoms with Gasteiger partial charge in [0.2, 0.25) is 0 Å². The zero-order valence-corrected chi connectivity index (χ0v) is 8.23. The molecular weight excluding hydrogens is 318 g/mol. The van der Waals surface area contributed by atoms with Crippen molar-refractivity contribution in [3.63, 3.8) is 0 Å². The van der Waals surface area contributed by atoms with Gasteiger partial charge < -0.3 is 5.73 Å². The molecule has 0 aromatic rings. The summed E-state index contributed by atoms with van der Waals surface area (Å²) in [4.78, 5) is 0. The second kappa shape index (κ2) is 9.65. The summed E-state index contributed by atoms with van der Waals surface area (Å²) in [5, 5.41) is 0. The molecule has 0 saturated carbocycles. The molecule has 0 spiro atoms. The van der Waals surface area contributed by atoms with Crippen LogP contribution in [0.25, 0.3) is 0 Å². The third-order valence-corrected chi connectivity index (χ3v) is 0. The van der Waals surface area contributed by atoms with E-state index in [-0.39, 0.29) is 36.6 Å². The zero-order valence-electron chi connectivity index (χ0n) is 2.94. The molecule has 0 heterocycles. The van der Waals surface area contributed by atoms with E-state index in [4.69, 9.17) is 5.73 Å². The van der Waals surface area contributed by atoms with Crippen LogP contribution in [0.5, 0.6) is 0 Å². The summed E-state index contributed by atoms with van der Waals surface area (Å²) in [7, 11) is 0. The molecule has 5 heteroatoms. The predicted octanol–water partition coefficient (Wildman–Crippen LogP) is 0.215. The van der Waals surface area contributed by atoms with Crippen LogP contribution in [0.2, 0.25) is 0 Å². The van der Waals surface area contributed by atoms with E-state index < -0.39 is 0 Å². The molecule has 0 fully saturated rings. The van der Waals surface area contributed by atoms with Gasteiger partial charge in [-0.2, -0.15) is 9.90 Å². The van der Waals surface area contributed by atoms with E-state index in [1.807, 2.05) is 0 Å². The van der Waals surface area contributed by atoms with Gasteiger partial charge in [-0.05, 0) is 0 Å². The summed E-state index contributed by atoms with van der Waals surface area (Å²) in [6.45, 7) is 0. The van der Waals surface area contributed by atoms with Crippen molar-refractivity contribution >= 4 is 39.1 Å². The monoisotopic (exact) mass is 324 g/mol. The maximum atomic E-state index is 4.71. The van der Waals surface area contributed by atoms with Crippen molar-refractivity contribution in [2.45, 2.75) is 0 Å². The number of thiol groups is 1. The van der Waals surface area contributed by atoms with Crippen LogP contribution in [0.15, 0.2) is 0 Å². The summed E-state index contributed by atoms with van der Waals surface area (Å²) >= 11 is 7.65. The van der Waals surface area contributed by atoms with Crippen molar-refractivity contribution in [3.8, 4) is 0 Å². The Balaban J connectivity index is -0.0000000450. The molecule has 0 bridgehead atoms.